The zero-order chi connectivity index (χ0) is 15.0. The zero-order valence-electron chi connectivity index (χ0n) is 11.5. The fraction of sp³-hybridized carbons (Fsp3) is 0.357. The third-order valence-electron chi connectivity index (χ3n) is 3.71. The molecule has 0 aromatic carbocycles. The fourth-order valence-corrected chi connectivity index (χ4v) is 3.51. The molecule has 2 aromatic heterocycles. The summed E-state index contributed by atoms with van der Waals surface area (Å²) in [5.41, 5.74) is 1.40. The van der Waals surface area contributed by atoms with Crippen molar-refractivity contribution in [2.45, 2.75) is 18.9 Å². The smallest absolute Gasteiger partial charge is 0.407 e. The third-order valence-corrected chi connectivity index (χ3v) is 4.65. The Labute approximate surface area is 125 Å². The number of hydrogen-bond acceptors (Lipinski definition) is 4. The van der Waals surface area contributed by atoms with Gasteiger partial charge in [0.05, 0.1) is 11.7 Å². The molecule has 21 heavy (non-hydrogen) atoms. The minimum Gasteiger partial charge on any atom is -0.465 e. The first kappa shape index (κ1) is 13.8. The number of thiazole rings is 1. The Morgan fingerprint density at radius 3 is 3.05 bits per heavy atom. The molecule has 3 heterocycles. The van der Waals surface area contributed by atoms with Crippen LogP contribution in [0.3, 0.4) is 0 Å². The van der Waals surface area contributed by atoms with Crippen LogP contribution < -0.4 is 5.56 Å². The Bertz CT molecular complexity index is 737. The van der Waals surface area contributed by atoms with Gasteiger partial charge in [0.25, 0.3) is 5.56 Å². The van der Waals surface area contributed by atoms with Gasteiger partial charge < -0.3 is 9.67 Å². The molecule has 0 saturated carbocycles. The van der Waals surface area contributed by atoms with Crippen molar-refractivity contribution in [1.82, 2.24) is 14.5 Å². The average molecular weight is 305 g/mol. The van der Waals surface area contributed by atoms with Crippen LogP contribution in [0, 0.1) is 0 Å². The summed E-state index contributed by atoms with van der Waals surface area (Å²) in [7, 11) is 1.70. The lowest BCUT2D eigenvalue weighted by molar-refractivity contribution is 0.140. The summed E-state index contributed by atoms with van der Waals surface area (Å²) in [6.07, 6.45) is 2.46. The van der Waals surface area contributed by atoms with Crippen molar-refractivity contribution >= 4 is 17.4 Å². The van der Waals surface area contributed by atoms with E-state index in [-0.39, 0.29) is 11.6 Å². The van der Waals surface area contributed by atoms with Gasteiger partial charge >= 0.3 is 6.09 Å². The van der Waals surface area contributed by atoms with E-state index in [1.165, 1.54) is 20.8 Å². The molecule has 0 bridgehead atoms. The standard InChI is InChI=1S/C14H15N3O3S/c1-16-6-4-9(7-12(16)18)10-8-21-13(15-10)11-3-2-5-17(11)14(19)20/h4,6-8,11H,2-3,5H2,1H3,(H,19,20). The second-order valence-corrected chi connectivity index (χ2v) is 5.96. The summed E-state index contributed by atoms with van der Waals surface area (Å²) in [6, 6.07) is 3.22. The number of nitrogens with zero attached hydrogens (tertiary/aromatic N) is 3. The average Bonchev–Trinajstić information content (AvgIpc) is 3.09. The van der Waals surface area contributed by atoms with Crippen molar-refractivity contribution in [3.05, 3.63) is 39.1 Å². The first-order chi connectivity index (χ1) is 10.1. The molecule has 1 aliphatic rings. The Balaban J connectivity index is 1.91. The molecule has 6 nitrogen and oxygen atoms in total. The number of rotatable bonds is 2. The minimum absolute atomic E-state index is 0.0879. The number of likely N-dealkylation sites (tertiary alicyclic amines) is 1. The van der Waals surface area contributed by atoms with Gasteiger partial charge in [0.1, 0.15) is 5.01 Å². The molecule has 1 fully saturated rings. The van der Waals surface area contributed by atoms with Crippen LogP contribution in [0.15, 0.2) is 28.5 Å². The lowest BCUT2D eigenvalue weighted by atomic mass is 10.2. The molecule has 1 aliphatic heterocycles. The number of carboxylic acid groups (broad SMARTS) is 1. The summed E-state index contributed by atoms with van der Waals surface area (Å²) in [4.78, 5) is 28.8. The molecule has 0 radical (unpaired) electrons. The molecule has 110 valence electrons. The Morgan fingerprint density at radius 1 is 1.52 bits per heavy atom. The summed E-state index contributed by atoms with van der Waals surface area (Å²) in [5, 5.41) is 11.9. The Kier molecular flexibility index (Phi) is 3.50. The maximum atomic E-state index is 11.7. The van der Waals surface area contributed by atoms with Gasteiger partial charge in [-0.15, -0.1) is 11.3 Å². The van der Waals surface area contributed by atoms with Crippen LogP contribution in [0.25, 0.3) is 11.3 Å². The molecule has 1 saturated heterocycles. The summed E-state index contributed by atoms with van der Waals surface area (Å²) in [5.74, 6) is 0. The monoisotopic (exact) mass is 305 g/mol. The van der Waals surface area contributed by atoms with Gasteiger partial charge in [0, 0.05) is 36.8 Å². The predicted octanol–water partition coefficient (Wildman–Crippen LogP) is 2.32. The minimum atomic E-state index is -0.900. The summed E-state index contributed by atoms with van der Waals surface area (Å²) in [6.45, 7) is 0.556. The van der Waals surface area contributed by atoms with Crippen LogP contribution in [0.1, 0.15) is 23.9 Å². The first-order valence-corrected chi connectivity index (χ1v) is 7.56. The highest BCUT2D eigenvalue weighted by molar-refractivity contribution is 7.10. The molecule has 0 aliphatic carbocycles. The van der Waals surface area contributed by atoms with Gasteiger partial charge in [-0.1, -0.05) is 0 Å². The molecular formula is C14H15N3O3S. The van der Waals surface area contributed by atoms with Crippen molar-refractivity contribution in [3.63, 3.8) is 0 Å². The van der Waals surface area contributed by atoms with Gasteiger partial charge in [-0.05, 0) is 18.9 Å². The van der Waals surface area contributed by atoms with Crippen LogP contribution in [0.2, 0.25) is 0 Å². The van der Waals surface area contributed by atoms with E-state index in [2.05, 4.69) is 4.98 Å². The number of pyridine rings is 1. The highest BCUT2D eigenvalue weighted by Crippen LogP contribution is 2.35. The van der Waals surface area contributed by atoms with Gasteiger partial charge in [-0.25, -0.2) is 9.78 Å². The molecule has 1 amide bonds. The van der Waals surface area contributed by atoms with Crippen LogP contribution in [-0.2, 0) is 7.05 Å². The lowest BCUT2D eigenvalue weighted by Gasteiger charge is -2.18. The van der Waals surface area contributed by atoms with Crippen molar-refractivity contribution in [2.75, 3.05) is 6.54 Å². The first-order valence-electron chi connectivity index (χ1n) is 6.68. The van der Waals surface area contributed by atoms with Crippen LogP contribution in [-0.4, -0.2) is 32.2 Å². The summed E-state index contributed by atoms with van der Waals surface area (Å²) >= 11 is 1.45. The predicted molar refractivity (Wildman–Crippen MR) is 79.5 cm³/mol. The third kappa shape index (κ3) is 2.56. The largest absolute Gasteiger partial charge is 0.465 e. The molecule has 1 atom stereocenters. The van der Waals surface area contributed by atoms with E-state index in [9.17, 15) is 14.7 Å². The normalized spacial score (nSPS) is 18.1. The van der Waals surface area contributed by atoms with Crippen molar-refractivity contribution < 1.29 is 9.90 Å². The van der Waals surface area contributed by atoms with E-state index in [4.69, 9.17) is 0 Å². The maximum absolute atomic E-state index is 11.7. The van der Waals surface area contributed by atoms with Crippen molar-refractivity contribution in [1.29, 1.82) is 0 Å². The van der Waals surface area contributed by atoms with E-state index < -0.39 is 6.09 Å². The van der Waals surface area contributed by atoms with Gasteiger partial charge in [-0.2, -0.15) is 0 Å². The molecular weight excluding hydrogens is 290 g/mol. The fourth-order valence-electron chi connectivity index (χ4n) is 2.53. The molecule has 2 aromatic rings. The number of amides is 1. The number of carbonyl (C=O) groups is 1. The second-order valence-electron chi connectivity index (χ2n) is 5.07. The molecule has 3 rings (SSSR count). The molecule has 1 unspecified atom stereocenters. The van der Waals surface area contributed by atoms with E-state index in [1.807, 2.05) is 11.4 Å². The molecule has 0 spiro atoms. The van der Waals surface area contributed by atoms with Gasteiger partial charge in [0.15, 0.2) is 0 Å². The maximum Gasteiger partial charge on any atom is 0.407 e. The number of hydrogen-bond donors (Lipinski definition) is 1. The van der Waals surface area contributed by atoms with Crippen LogP contribution >= 0.6 is 11.3 Å². The van der Waals surface area contributed by atoms with Crippen LogP contribution in [0.4, 0.5) is 4.79 Å². The van der Waals surface area contributed by atoms with Crippen LogP contribution in [0.5, 0.6) is 0 Å². The van der Waals surface area contributed by atoms with E-state index in [1.54, 1.807) is 19.3 Å². The SMILES string of the molecule is Cn1ccc(-c2csc(C3CCCN3C(=O)O)n2)cc1=O. The highest BCUT2D eigenvalue weighted by Gasteiger charge is 2.31. The molecule has 1 N–H and O–H groups in total. The molecule has 7 heteroatoms. The zero-order valence-corrected chi connectivity index (χ0v) is 12.3. The van der Waals surface area contributed by atoms with Crippen molar-refractivity contribution in [2.24, 2.45) is 7.05 Å². The Morgan fingerprint density at radius 2 is 2.33 bits per heavy atom. The second kappa shape index (κ2) is 5.33. The number of aryl methyl sites for hydroxylation is 1. The van der Waals surface area contributed by atoms with E-state index >= 15 is 0 Å². The van der Waals surface area contributed by atoms with E-state index in [0.717, 1.165) is 29.1 Å². The Hall–Kier alpha value is -2.15. The van der Waals surface area contributed by atoms with Gasteiger partial charge in [-0.3, -0.25) is 9.69 Å². The van der Waals surface area contributed by atoms with Gasteiger partial charge in [0.2, 0.25) is 0 Å². The highest BCUT2D eigenvalue weighted by atomic mass is 32.1. The van der Waals surface area contributed by atoms with Crippen molar-refractivity contribution in [3.8, 4) is 11.3 Å². The quantitative estimate of drug-likeness (QED) is 0.924. The van der Waals surface area contributed by atoms with E-state index in [0.29, 0.717) is 6.54 Å². The summed E-state index contributed by atoms with van der Waals surface area (Å²) < 4.78 is 1.50. The topological polar surface area (TPSA) is 75.4 Å². The number of aromatic nitrogens is 2. The lowest BCUT2D eigenvalue weighted by Crippen LogP contribution is -2.28.